The van der Waals surface area contributed by atoms with Crippen molar-refractivity contribution in [1.82, 2.24) is 10.6 Å². The molecule has 1 aliphatic heterocycles. The van der Waals surface area contributed by atoms with Gasteiger partial charge < -0.3 is 20.8 Å². The van der Waals surface area contributed by atoms with E-state index in [0.717, 1.165) is 6.42 Å². The molecule has 1 heterocycles. The third-order valence-electron chi connectivity index (χ3n) is 2.49. The zero-order valence-corrected chi connectivity index (χ0v) is 8.56. The summed E-state index contributed by atoms with van der Waals surface area (Å²) in [7, 11) is 0. The van der Waals surface area contributed by atoms with Crippen LogP contribution in [-0.4, -0.2) is 46.8 Å². The molecule has 0 aromatic rings. The quantitative estimate of drug-likeness (QED) is 0.467. The molecule has 0 aliphatic carbocycles. The first kappa shape index (κ1) is 11.9. The number of aliphatic hydroxyl groups is 1. The van der Waals surface area contributed by atoms with E-state index in [2.05, 4.69) is 10.6 Å². The van der Waals surface area contributed by atoms with Crippen LogP contribution in [-0.2, 0) is 9.59 Å². The van der Waals surface area contributed by atoms with Crippen LogP contribution in [0.15, 0.2) is 0 Å². The monoisotopic (exact) mass is 216 g/mol. The number of amides is 1. The number of hydrogen-bond acceptors (Lipinski definition) is 4. The second-order valence-corrected chi connectivity index (χ2v) is 3.78. The van der Waals surface area contributed by atoms with E-state index in [1.807, 2.05) is 6.92 Å². The van der Waals surface area contributed by atoms with Crippen molar-refractivity contribution in [1.29, 1.82) is 0 Å². The number of carbonyl (C=O) groups excluding carboxylic acids is 1. The molecule has 6 nitrogen and oxygen atoms in total. The molecule has 6 heteroatoms. The van der Waals surface area contributed by atoms with E-state index in [-0.39, 0.29) is 18.0 Å². The van der Waals surface area contributed by atoms with E-state index in [9.17, 15) is 9.59 Å². The topological polar surface area (TPSA) is 98.7 Å². The van der Waals surface area contributed by atoms with E-state index in [0.29, 0.717) is 6.42 Å². The second-order valence-electron chi connectivity index (χ2n) is 3.78. The summed E-state index contributed by atoms with van der Waals surface area (Å²) in [4.78, 5) is 22.1. The average Bonchev–Trinajstić information content (AvgIpc) is 2.60. The first-order valence-corrected chi connectivity index (χ1v) is 4.94. The molecule has 0 aromatic heterocycles. The highest BCUT2D eigenvalue weighted by Gasteiger charge is 2.29. The van der Waals surface area contributed by atoms with Gasteiger partial charge in [-0.1, -0.05) is 0 Å². The summed E-state index contributed by atoms with van der Waals surface area (Å²) in [5.74, 6) is -1.59. The van der Waals surface area contributed by atoms with E-state index in [1.54, 1.807) is 0 Å². The Morgan fingerprint density at radius 3 is 2.60 bits per heavy atom. The van der Waals surface area contributed by atoms with Gasteiger partial charge in [-0.25, -0.2) is 4.79 Å². The average molecular weight is 216 g/mol. The van der Waals surface area contributed by atoms with Gasteiger partial charge in [-0.15, -0.1) is 0 Å². The molecule has 86 valence electrons. The van der Waals surface area contributed by atoms with Gasteiger partial charge in [-0.2, -0.15) is 0 Å². The van der Waals surface area contributed by atoms with Crippen molar-refractivity contribution in [2.45, 2.75) is 37.9 Å². The Labute approximate surface area is 87.7 Å². The van der Waals surface area contributed by atoms with Crippen LogP contribution >= 0.6 is 0 Å². The van der Waals surface area contributed by atoms with Crippen LogP contribution in [0.1, 0.15) is 19.8 Å². The minimum absolute atomic E-state index is 0.276. The van der Waals surface area contributed by atoms with Crippen LogP contribution in [0, 0.1) is 0 Å². The van der Waals surface area contributed by atoms with Gasteiger partial charge in [0.05, 0.1) is 12.6 Å². The Kier molecular flexibility index (Phi) is 4.05. The number of carboxylic acid groups (broad SMARTS) is 1. The van der Waals surface area contributed by atoms with Crippen LogP contribution in [0.4, 0.5) is 0 Å². The molecule has 2 unspecified atom stereocenters. The van der Waals surface area contributed by atoms with Gasteiger partial charge in [0.1, 0.15) is 6.04 Å². The first-order chi connectivity index (χ1) is 7.04. The fourth-order valence-electron chi connectivity index (χ4n) is 1.59. The smallest absolute Gasteiger partial charge is 0.328 e. The van der Waals surface area contributed by atoms with E-state index >= 15 is 0 Å². The van der Waals surface area contributed by atoms with Crippen LogP contribution < -0.4 is 10.6 Å². The minimum Gasteiger partial charge on any atom is -0.480 e. The van der Waals surface area contributed by atoms with Gasteiger partial charge in [0.15, 0.2) is 0 Å². The maximum atomic E-state index is 11.5. The molecule has 1 aliphatic rings. The highest BCUT2D eigenvalue weighted by molar-refractivity contribution is 5.87. The van der Waals surface area contributed by atoms with Gasteiger partial charge in [-0.3, -0.25) is 4.79 Å². The summed E-state index contributed by atoms with van der Waals surface area (Å²) < 4.78 is 0. The molecule has 0 spiro atoms. The maximum absolute atomic E-state index is 11.5. The van der Waals surface area contributed by atoms with Crippen LogP contribution in [0.25, 0.3) is 0 Å². The molecule has 0 bridgehead atoms. The van der Waals surface area contributed by atoms with Gasteiger partial charge in [0.25, 0.3) is 0 Å². The van der Waals surface area contributed by atoms with E-state index in [4.69, 9.17) is 10.2 Å². The van der Waals surface area contributed by atoms with Crippen molar-refractivity contribution in [3.8, 4) is 0 Å². The normalized spacial score (nSPS) is 27.3. The molecule has 1 amide bonds. The molecule has 1 rings (SSSR count). The Bertz CT molecular complexity index is 256. The number of aliphatic hydroxyl groups excluding tert-OH is 1. The van der Waals surface area contributed by atoms with Crippen molar-refractivity contribution in [2.24, 2.45) is 0 Å². The van der Waals surface area contributed by atoms with E-state index < -0.39 is 18.6 Å². The second kappa shape index (κ2) is 5.09. The number of nitrogens with one attached hydrogen (secondary N) is 2. The van der Waals surface area contributed by atoms with Crippen LogP contribution in [0.5, 0.6) is 0 Å². The lowest BCUT2D eigenvalue weighted by Crippen LogP contribution is -2.50. The van der Waals surface area contributed by atoms with Gasteiger partial charge in [-0.05, 0) is 19.8 Å². The number of carboxylic acids is 1. The highest BCUT2D eigenvalue weighted by atomic mass is 16.4. The summed E-state index contributed by atoms with van der Waals surface area (Å²) in [6.45, 7) is 1.37. The molecule has 0 saturated carbocycles. The third-order valence-corrected chi connectivity index (χ3v) is 2.49. The summed E-state index contributed by atoms with van der Waals surface area (Å²) in [6, 6.07) is -1.28. The first-order valence-electron chi connectivity index (χ1n) is 4.94. The number of aliphatic carboxylic acids is 1. The largest absolute Gasteiger partial charge is 0.480 e. The van der Waals surface area contributed by atoms with Crippen molar-refractivity contribution in [3.63, 3.8) is 0 Å². The number of carbonyl (C=O) groups is 2. The Morgan fingerprint density at radius 1 is 1.53 bits per heavy atom. The standard InChI is InChI=1S/C9H16N2O4/c1-5-2-3-6(10-5)8(13)11-7(4-12)9(14)15/h5-7,10,12H,2-4H2,1H3,(H,11,13)(H,14,15)/t5?,6-,7?/m0/s1. The highest BCUT2D eigenvalue weighted by Crippen LogP contribution is 2.11. The van der Waals surface area contributed by atoms with Crippen LogP contribution in [0.3, 0.4) is 0 Å². The van der Waals surface area contributed by atoms with Crippen LogP contribution in [0.2, 0.25) is 0 Å². The Morgan fingerprint density at radius 2 is 2.20 bits per heavy atom. The predicted octanol–water partition coefficient (Wildman–Crippen LogP) is -1.31. The lowest BCUT2D eigenvalue weighted by Gasteiger charge is -2.16. The number of hydrogen-bond donors (Lipinski definition) is 4. The van der Waals surface area contributed by atoms with E-state index in [1.165, 1.54) is 0 Å². The van der Waals surface area contributed by atoms with Crippen molar-refractivity contribution in [2.75, 3.05) is 6.61 Å². The van der Waals surface area contributed by atoms with Crippen molar-refractivity contribution >= 4 is 11.9 Å². The summed E-state index contributed by atoms with van der Waals surface area (Å²) in [5.41, 5.74) is 0. The molecular weight excluding hydrogens is 200 g/mol. The summed E-state index contributed by atoms with van der Waals surface area (Å²) in [6.07, 6.45) is 1.60. The maximum Gasteiger partial charge on any atom is 0.328 e. The zero-order chi connectivity index (χ0) is 11.4. The molecule has 0 radical (unpaired) electrons. The zero-order valence-electron chi connectivity index (χ0n) is 8.56. The molecular formula is C9H16N2O4. The lowest BCUT2D eigenvalue weighted by molar-refractivity contribution is -0.143. The fourth-order valence-corrected chi connectivity index (χ4v) is 1.59. The fraction of sp³-hybridized carbons (Fsp3) is 0.778. The summed E-state index contributed by atoms with van der Waals surface area (Å²) >= 11 is 0. The summed E-state index contributed by atoms with van der Waals surface area (Å²) in [5, 5.41) is 22.7. The number of rotatable bonds is 4. The Balaban J connectivity index is 2.44. The minimum atomic E-state index is -1.23. The lowest BCUT2D eigenvalue weighted by atomic mass is 10.2. The third kappa shape index (κ3) is 3.17. The van der Waals surface area contributed by atoms with Crippen molar-refractivity contribution < 1.29 is 19.8 Å². The Hall–Kier alpha value is -1.14. The SMILES string of the molecule is CC1CC[C@@H](C(=O)NC(CO)C(=O)O)N1. The molecule has 1 saturated heterocycles. The van der Waals surface area contributed by atoms with Gasteiger partial charge in [0, 0.05) is 6.04 Å². The predicted molar refractivity (Wildman–Crippen MR) is 52.3 cm³/mol. The van der Waals surface area contributed by atoms with Gasteiger partial charge in [0.2, 0.25) is 5.91 Å². The molecule has 1 fully saturated rings. The molecule has 0 aromatic carbocycles. The van der Waals surface area contributed by atoms with Crippen molar-refractivity contribution in [3.05, 3.63) is 0 Å². The van der Waals surface area contributed by atoms with Gasteiger partial charge >= 0.3 is 5.97 Å². The molecule has 3 atom stereocenters. The molecule has 4 N–H and O–H groups in total. The molecule has 15 heavy (non-hydrogen) atoms.